The Bertz CT molecular complexity index is 2780. The van der Waals surface area contributed by atoms with Crippen LogP contribution in [0.15, 0.2) is 109 Å². The van der Waals surface area contributed by atoms with Crippen LogP contribution in [0.2, 0.25) is 0 Å². The maximum absolute atomic E-state index is 14.2. The fourth-order valence-electron chi connectivity index (χ4n) is 10.3. The first-order valence-corrected chi connectivity index (χ1v) is 28.5. The molecule has 6 atom stereocenters. The van der Waals surface area contributed by atoms with Gasteiger partial charge >= 0.3 is 0 Å². The largest absolute Gasteiger partial charge is 0.343 e. The second-order valence-electron chi connectivity index (χ2n) is 23.7. The van der Waals surface area contributed by atoms with E-state index in [2.05, 4.69) is 26.6 Å². The molecule has 0 saturated carbocycles. The Morgan fingerprint density at radius 3 is 1.27 bits per heavy atom. The van der Waals surface area contributed by atoms with Crippen molar-refractivity contribution in [1.29, 1.82) is 0 Å². The van der Waals surface area contributed by atoms with E-state index in [1.54, 1.807) is 89.0 Å². The van der Waals surface area contributed by atoms with Gasteiger partial charge in [-0.25, -0.2) is 0 Å². The molecule has 2 aliphatic heterocycles. The molecular weight excluding hydrogens is 1020 g/mol. The number of likely N-dealkylation sites (N-methyl/N-ethyl adjacent to an activating group) is 1. The summed E-state index contributed by atoms with van der Waals surface area (Å²) in [5.41, 5.74) is 9.05. The van der Waals surface area contributed by atoms with Gasteiger partial charge in [-0.2, -0.15) is 0 Å². The van der Waals surface area contributed by atoms with Gasteiger partial charge in [0.25, 0.3) is 11.8 Å². The van der Waals surface area contributed by atoms with Crippen molar-refractivity contribution in [3.05, 3.63) is 131 Å². The Kier molecular flexibility index (Phi) is 22.3. The molecule has 0 radical (unpaired) electrons. The monoisotopic (exact) mass is 1110 g/mol. The first-order chi connectivity index (χ1) is 38.4. The van der Waals surface area contributed by atoms with E-state index in [0.29, 0.717) is 63.0 Å². The van der Waals surface area contributed by atoms with Gasteiger partial charge in [-0.15, -0.1) is 0 Å². The molecule has 0 unspecified atom stereocenters. The summed E-state index contributed by atoms with van der Waals surface area (Å²) >= 11 is 0. The summed E-state index contributed by atoms with van der Waals surface area (Å²) in [5.74, 6) is -2.52. The van der Waals surface area contributed by atoms with Crippen molar-refractivity contribution in [2.24, 2.45) is 16.6 Å². The van der Waals surface area contributed by atoms with Gasteiger partial charge in [-0.1, -0.05) is 126 Å². The van der Waals surface area contributed by atoms with Crippen molar-refractivity contribution in [3.63, 3.8) is 0 Å². The minimum atomic E-state index is -0.814. The molecule has 2 aliphatic rings. The third-order valence-electron chi connectivity index (χ3n) is 15.4. The summed E-state index contributed by atoms with van der Waals surface area (Å²) in [6.07, 6.45) is 4.02. The number of hydrogen-bond donors (Lipinski definition) is 6. The quantitative estimate of drug-likeness (QED) is 0.0552. The lowest BCUT2D eigenvalue weighted by Crippen LogP contribution is -2.59. The van der Waals surface area contributed by atoms with Crippen LogP contribution < -0.4 is 32.3 Å². The average Bonchev–Trinajstić information content (AvgIpc) is 4.14. The SMILES string of the molecule is CN[C@@H](C)C(=O)N[C@H](C(=O)N1CCC[C@H]1CN(CCc1ccccc1)C(=O)CNC(=O)c1ccc(-c2ccc(C(=O)NCC(=O)N(CCc3ccccc3)C[C@@H]3CCCN3C(=O)[C@@H](NC(=O)[C@H](C)N)C(C)(C)C)cc2)cc1)C(C)(C)C. The maximum Gasteiger partial charge on any atom is 0.251 e. The lowest BCUT2D eigenvalue weighted by atomic mass is 9.85. The zero-order valence-corrected chi connectivity index (χ0v) is 48.9. The van der Waals surface area contributed by atoms with Crippen LogP contribution in [0.25, 0.3) is 11.1 Å². The van der Waals surface area contributed by atoms with Gasteiger partial charge < -0.3 is 51.9 Å². The molecule has 81 heavy (non-hydrogen) atoms. The Balaban J connectivity index is 1.06. The zero-order chi connectivity index (χ0) is 59.0. The average molecular weight is 1110 g/mol. The fourth-order valence-corrected chi connectivity index (χ4v) is 10.3. The first kappa shape index (κ1) is 62.8. The van der Waals surface area contributed by atoms with Crippen molar-refractivity contribution >= 4 is 47.3 Å². The molecule has 2 heterocycles. The van der Waals surface area contributed by atoms with Gasteiger partial charge in [-0.3, -0.25) is 38.4 Å². The molecule has 436 valence electrons. The highest BCUT2D eigenvalue weighted by atomic mass is 16.2. The van der Waals surface area contributed by atoms with E-state index in [1.165, 1.54) is 0 Å². The number of nitrogens with one attached hydrogen (secondary N) is 5. The number of likely N-dealkylation sites (tertiary alicyclic amines) is 2. The van der Waals surface area contributed by atoms with Crippen LogP contribution in [0.4, 0.5) is 0 Å². The van der Waals surface area contributed by atoms with E-state index in [9.17, 15) is 38.4 Å². The molecule has 18 heteroatoms. The van der Waals surface area contributed by atoms with Crippen LogP contribution in [0.5, 0.6) is 0 Å². The Hall–Kier alpha value is -7.44. The fraction of sp³-hybridized carbons (Fsp3) is 0.492. The highest BCUT2D eigenvalue weighted by Crippen LogP contribution is 2.29. The topological polar surface area (TPSA) is 236 Å². The number of nitrogens with two attached hydrogens (primary N) is 1. The third kappa shape index (κ3) is 17.8. The lowest BCUT2D eigenvalue weighted by Gasteiger charge is -2.37. The molecule has 4 aromatic carbocycles. The molecule has 4 aromatic rings. The highest BCUT2D eigenvalue weighted by molar-refractivity contribution is 5.98. The number of nitrogens with zero attached hydrogens (tertiary/aromatic N) is 4. The van der Waals surface area contributed by atoms with E-state index in [-0.39, 0.29) is 67.8 Å². The summed E-state index contributed by atoms with van der Waals surface area (Å²) < 4.78 is 0. The van der Waals surface area contributed by atoms with Crippen molar-refractivity contribution in [2.75, 3.05) is 59.4 Å². The molecule has 2 fully saturated rings. The molecule has 0 aromatic heterocycles. The van der Waals surface area contributed by atoms with E-state index in [0.717, 1.165) is 35.1 Å². The molecular formula is C63H86N10O8. The Morgan fingerprint density at radius 1 is 0.556 bits per heavy atom. The van der Waals surface area contributed by atoms with Gasteiger partial charge in [0.15, 0.2) is 0 Å². The molecule has 0 aliphatic carbocycles. The van der Waals surface area contributed by atoms with E-state index >= 15 is 0 Å². The van der Waals surface area contributed by atoms with Crippen molar-refractivity contribution < 1.29 is 38.4 Å². The number of rotatable bonds is 24. The maximum atomic E-state index is 14.2. The lowest BCUT2D eigenvalue weighted by molar-refractivity contribution is -0.142. The highest BCUT2D eigenvalue weighted by Gasteiger charge is 2.42. The van der Waals surface area contributed by atoms with Crippen LogP contribution in [0, 0.1) is 10.8 Å². The third-order valence-corrected chi connectivity index (χ3v) is 15.4. The van der Waals surface area contributed by atoms with Crippen molar-refractivity contribution in [3.8, 4) is 11.1 Å². The van der Waals surface area contributed by atoms with E-state index < -0.39 is 52.7 Å². The summed E-state index contributed by atoms with van der Waals surface area (Å²) in [7, 11) is 1.69. The second-order valence-corrected chi connectivity index (χ2v) is 23.7. The van der Waals surface area contributed by atoms with Crippen LogP contribution >= 0.6 is 0 Å². The second kappa shape index (κ2) is 28.8. The van der Waals surface area contributed by atoms with Gasteiger partial charge in [0.05, 0.1) is 25.2 Å². The van der Waals surface area contributed by atoms with Gasteiger partial charge in [0, 0.05) is 62.5 Å². The van der Waals surface area contributed by atoms with E-state index in [4.69, 9.17) is 5.73 Å². The summed E-state index contributed by atoms with van der Waals surface area (Å²) in [4.78, 5) is 116. The first-order valence-electron chi connectivity index (χ1n) is 28.5. The Labute approximate surface area is 478 Å². The van der Waals surface area contributed by atoms with Crippen LogP contribution in [-0.2, 0) is 41.6 Å². The molecule has 7 N–H and O–H groups in total. The predicted molar refractivity (Wildman–Crippen MR) is 314 cm³/mol. The minimum Gasteiger partial charge on any atom is -0.343 e. The van der Waals surface area contributed by atoms with Crippen LogP contribution in [0.3, 0.4) is 0 Å². The van der Waals surface area contributed by atoms with Crippen molar-refractivity contribution in [1.82, 2.24) is 46.2 Å². The van der Waals surface area contributed by atoms with Crippen LogP contribution in [-0.4, -0.2) is 163 Å². The number of carbonyl (C=O) groups excluding carboxylic acids is 8. The molecule has 2 saturated heterocycles. The zero-order valence-electron chi connectivity index (χ0n) is 48.9. The molecule has 0 spiro atoms. The molecule has 18 nitrogen and oxygen atoms in total. The standard InChI is InChI=1S/C63H86N10O8/c1-42(64)56(76)68-54(62(3,4)5)60(80)72-34-16-22-50(72)40-70(36-32-44-18-12-10-13-19-44)52(74)38-66-58(78)48-28-24-46(25-29-48)47-26-30-49(31-27-47)59(79)67-39-53(75)71(37-33-45-20-14-11-15-21-45)41-51-23-17-35-73(51)61(81)55(63(6,7)8)69-57(77)43(2)65-9/h10-15,18-21,24-31,42-43,50-51,54-55,65H,16-17,22-23,32-41,64H2,1-9H3,(H,66,78)(H,67,79)(H,68,76)(H,69,77)/t42-,43-,50-,51-,54+,55+/m0/s1. The summed E-state index contributed by atoms with van der Waals surface area (Å²) in [5, 5.41) is 14.4. The minimum absolute atomic E-state index is 0.184. The van der Waals surface area contributed by atoms with Crippen molar-refractivity contribution in [2.45, 2.75) is 130 Å². The van der Waals surface area contributed by atoms with Gasteiger partial charge in [0.2, 0.25) is 35.4 Å². The smallest absolute Gasteiger partial charge is 0.251 e. The number of carbonyl (C=O) groups is 8. The summed E-state index contributed by atoms with van der Waals surface area (Å²) in [6, 6.07) is 30.0. The van der Waals surface area contributed by atoms with Gasteiger partial charge in [0.1, 0.15) is 12.1 Å². The summed E-state index contributed by atoms with van der Waals surface area (Å²) in [6.45, 7) is 16.5. The Morgan fingerprint density at radius 2 is 0.926 bits per heavy atom. The van der Waals surface area contributed by atoms with Crippen LogP contribution in [0.1, 0.15) is 113 Å². The van der Waals surface area contributed by atoms with E-state index in [1.807, 2.05) is 102 Å². The number of amides is 8. The number of hydrogen-bond acceptors (Lipinski definition) is 10. The molecule has 8 amide bonds. The number of benzene rings is 4. The van der Waals surface area contributed by atoms with Gasteiger partial charge in [-0.05, 0) is 117 Å². The molecule has 0 bridgehead atoms. The normalized spacial score (nSPS) is 16.8. The predicted octanol–water partition coefficient (Wildman–Crippen LogP) is 4.95. The molecule has 6 rings (SSSR count).